The molecule has 0 radical (unpaired) electrons. The fraction of sp³-hybridized carbons (Fsp3) is 0.200. The number of phenolic OH excluding ortho intramolecular Hbond substituents is 1. The van der Waals surface area contributed by atoms with E-state index in [-0.39, 0.29) is 11.7 Å². The number of hydrazone groups is 1. The van der Waals surface area contributed by atoms with E-state index in [1.807, 2.05) is 0 Å². The topological polar surface area (TPSA) is 61.7 Å². The summed E-state index contributed by atoms with van der Waals surface area (Å²) in [7, 11) is 0. The van der Waals surface area contributed by atoms with Crippen molar-refractivity contribution in [2.45, 2.75) is 12.8 Å². The van der Waals surface area contributed by atoms with Crippen LogP contribution in [0.4, 0.5) is 0 Å². The number of carbonyl (C=O) groups is 1. The maximum Gasteiger partial charge on any atom is 0.240 e. The van der Waals surface area contributed by atoms with Crippen LogP contribution in [-0.4, -0.2) is 16.7 Å². The highest BCUT2D eigenvalue weighted by molar-refractivity contribution is 9.11. The fourth-order valence-electron chi connectivity index (χ4n) is 1.47. The van der Waals surface area contributed by atoms with E-state index in [9.17, 15) is 9.90 Å². The normalized spacial score (nSPS) is 15.5. The van der Waals surface area contributed by atoms with Crippen LogP contribution in [-0.2, 0) is 4.79 Å². The fourth-order valence-corrected chi connectivity index (χ4v) is 2.74. The van der Waals surface area contributed by atoms with Gasteiger partial charge in [0.15, 0.2) is 0 Å². The Kier molecular flexibility index (Phi) is 3.75. The minimum absolute atomic E-state index is 0.0214. The minimum Gasteiger partial charge on any atom is -0.506 e. The average Bonchev–Trinajstić information content (AvgIpc) is 2.32. The Balaban J connectivity index is 2.50. The van der Waals surface area contributed by atoms with Gasteiger partial charge < -0.3 is 5.11 Å². The van der Waals surface area contributed by atoms with Crippen LogP contribution < -0.4 is 5.43 Å². The Bertz CT molecular complexity index is 532. The summed E-state index contributed by atoms with van der Waals surface area (Å²) in [5.41, 5.74) is 3.56. The van der Waals surface area contributed by atoms with Gasteiger partial charge in [0.25, 0.3) is 0 Å². The molecule has 4 nitrogen and oxygen atoms in total. The Hall–Kier alpha value is -0.590. The largest absolute Gasteiger partial charge is 0.506 e. The van der Waals surface area contributed by atoms with E-state index < -0.39 is 0 Å². The lowest BCUT2D eigenvalue weighted by atomic mass is 10.0. The molecule has 0 unspecified atom stereocenters. The Morgan fingerprint density at radius 2 is 2.12 bits per heavy atom. The predicted molar refractivity (Wildman–Crippen MR) is 72.4 cm³/mol. The minimum atomic E-state index is -0.125. The number of benzene rings is 1. The third-order valence-electron chi connectivity index (χ3n) is 2.35. The van der Waals surface area contributed by atoms with E-state index in [1.54, 1.807) is 6.07 Å². The molecule has 0 aliphatic carbocycles. The Morgan fingerprint density at radius 3 is 2.71 bits per heavy atom. The molecule has 0 saturated heterocycles. The number of halogens is 3. The molecule has 0 saturated carbocycles. The van der Waals surface area contributed by atoms with Crippen molar-refractivity contribution in [1.29, 1.82) is 0 Å². The van der Waals surface area contributed by atoms with Gasteiger partial charge in [0.2, 0.25) is 5.91 Å². The number of nitrogens with one attached hydrogen (secondary N) is 1. The van der Waals surface area contributed by atoms with E-state index in [2.05, 4.69) is 42.4 Å². The highest BCUT2D eigenvalue weighted by Gasteiger charge is 2.20. The van der Waals surface area contributed by atoms with E-state index in [1.165, 1.54) is 0 Å². The summed E-state index contributed by atoms with van der Waals surface area (Å²) in [6.45, 7) is 0. The van der Waals surface area contributed by atoms with Crippen molar-refractivity contribution < 1.29 is 9.90 Å². The molecule has 90 valence electrons. The maximum absolute atomic E-state index is 11.0. The van der Waals surface area contributed by atoms with Crippen molar-refractivity contribution in [3.05, 3.63) is 25.6 Å². The van der Waals surface area contributed by atoms with Gasteiger partial charge in [-0.2, -0.15) is 5.10 Å². The van der Waals surface area contributed by atoms with Crippen molar-refractivity contribution in [3.63, 3.8) is 0 Å². The van der Waals surface area contributed by atoms with Crippen molar-refractivity contribution in [2.24, 2.45) is 5.10 Å². The van der Waals surface area contributed by atoms with Gasteiger partial charge in [0, 0.05) is 22.9 Å². The summed E-state index contributed by atoms with van der Waals surface area (Å²) >= 11 is 12.5. The van der Waals surface area contributed by atoms with Gasteiger partial charge in [-0.3, -0.25) is 4.79 Å². The second-order valence-electron chi connectivity index (χ2n) is 3.48. The zero-order valence-electron chi connectivity index (χ0n) is 8.43. The van der Waals surface area contributed by atoms with Gasteiger partial charge >= 0.3 is 0 Å². The monoisotopic (exact) mass is 380 g/mol. The molecular formula is C10H7Br2ClN2O2. The second-order valence-corrected chi connectivity index (χ2v) is 5.50. The van der Waals surface area contributed by atoms with Crippen LogP contribution in [0.15, 0.2) is 20.1 Å². The number of nitrogens with zero attached hydrogens (tertiary/aromatic N) is 1. The van der Waals surface area contributed by atoms with E-state index in [0.717, 1.165) is 0 Å². The maximum atomic E-state index is 11.0. The number of rotatable bonds is 1. The predicted octanol–water partition coefficient (Wildman–Crippen LogP) is 3.18. The number of hydrogen-bond acceptors (Lipinski definition) is 3. The third-order valence-corrected chi connectivity index (χ3v) is 4.60. The summed E-state index contributed by atoms with van der Waals surface area (Å²) in [6, 6.07) is 1.68. The van der Waals surface area contributed by atoms with Crippen LogP contribution in [0.2, 0.25) is 5.02 Å². The van der Waals surface area contributed by atoms with Crippen molar-refractivity contribution in [1.82, 2.24) is 5.43 Å². The van der Waals surface area contributed by atoms with E-state index in [4.69, 9.17) is 11.6 Å². The summed E-state index contributed by atoms with van der Waals surface area (Å²) in [5.74, 6) is -0.103. The number of amides is 1. The van der Waals surface area contributed by atoms with Crippen LogP contribution in [0.3, 0.4) is 0 Å². The first kappa shape index (κ1) is 12.9. The molecule has 0 fully saturated rings. The molecule has 1 aliphatic rings. The molecule has 2 rings (SSSR count). The summed E-state index contributed by atoms with van der Waals surface area (Å²) < 4.78 is 1.06. The molecule has 0 spiro atoms. The van der Waals surface area contributed by atoms with E-state index >= 15 is 0 Å². The van der Waals surface area contributed by atoms with Gasteiger partial charge in [-0.25, -0.2) is 5.43 Å². The molecule has 0 bridgehead atoms. The summed E-state index contributed by atoms with van der Waals surface area (Å²) in [5, 5.41) is 14.3. The first-order valence-electron chi connectivity index (χ1n) is 4.73. The molecule has 17 heavy (non-hydrogen) atoms. The smallest absolute Gasteiger partial charge is 0.240 e. The molecule has 0 atom stereocenters. The second kappa shape index (κ2) is 4.96. The van der Waals surface area contributed by atoms with Crippen LogP contribution >= 0.6 is 43.5 Å². The van der Waals surface area contributed by atoms with E-state index in [0.29, 0.717) is 38.1 Å². The molecule has 1 aliphatic heterocycles. The molecule has 1 aromatic carbocycles. The zero-order valence-corrected chi connectivity index (χ0v) is 12.4. The molecular weight excluding hydrogens is 375 g/mol. The lowest BCUT2D eigenvalue weighted by Gasteiger charge is -2.15. The zero-order chi connectivity index (χ0) is 12.6. The molecule has 1 heterocycles. The highest BCUT2D eigenvalue weighted by atomic mass is 79.9. The van der Waals surface area contributed by atoms with Gasteiger partial charge in [0.05, 0.1) is 15.2 Å². The average molecular weight is 382 g/mol. The first-order valence-corrected chi connectivity index (χ1v) is 6.69. The van der Waals surface area contributed by atoms with Crippen LogP contribution in [0.5, 0.6) is 5.75 Å². The van der Waals surface area contributed by atoms with Crippen molar-refractivity contribution in [3.8, 4) is 5.75 Å². The van der Waals surface area contributed by atoms with Crippen LogP contribution in [0.25, 0.3) is 0 Å². The number of phenols is 1. The highest BCUT2D eigenvalue weighted by Crippen LogP contribution is 2.40. The lowest BCUT2D eigenvalue weighted by Crippen LogP contribution is -2.26. The quantitative estimate of drug-likeness (QED) is 0.733. The Morgan fingerprint density at radius 1 is 1.41 bits per heavy atom. The number of aromatic hydroxyl groups is 1. The SMILES string of the molecule is O=C1CCC(c2cc(Br)c(Cl)c(Br)c2O)=NN1. The van der Waals surface area contributed by atoms with Gasteiger partial charge in [0.1, 0.15) is 5.75 Å². The van der Waals surface area contributed by atoms with Crippen molar-refractivity contribution in [2.75, 3.05) is 0 Å². The van der Waals surface area contributed by atoms with Crippen LogP contribution in [0.1, 0.15) is 18.4 Å². The summed E-state index contributed by atoms with van der Waals surface area (Å²) in [6.07, 6.45) is 0.843. The number of carbonyl (C=O) groups excluding carboxylic acids is 1. The molecule has 7 heteroatoms. The van der Waals surface area contributed by atoms with Gasteiger partial charge in [-0.1, -0.05) is 11.6 Å². The summed E-state index contributed by atoms with van der Waals surface area (Å²) in [4.78, 5) is 11.0. The molecule has 0 aromatic heterocycles. The Labute approximate surface area is 119 Å². The number of hydrogen-bond donors (Lipinski definition) is 2. The van der Waals surface area contributed by atoms with Crippen LogP contribution in [0, 0.1) is 0 Å². The lowest BCUT2D eigenvalue weighted by molar-refractivity contribution is -0.121. The molecule has 1 aromatic rings. The molecule has 1 amide bonds. The standard InChI is InChI=1S/C10H7Br2ClN2O2/c11-5-3-4(10(17)8(12)9(5)13)6-1-2-7(16)15-14-6/h3,17H,1-2H2,(H,15,16). The third kappa shape index (κ3) is 2.48. The van der Waals surface area contributed by atoms with Crippen molar-refractivity contribution >= 4 is 55.1 Å². The van der Waals surface area contributed by atoms with Gasteiger partial charge in [-0.15, -0.1) is 0 Å². The first-order chi connectivity index (χ1) is 8.00. The molecule has 2 N–H and O–H groups in total. The van der Waals surface area contributed by atoms with Gasteiger partial charge in [-0.05, 0) is 37.9 Å².